The van der Waals surface area contributed by atoms with Crippen molar-refractivity contribution in [1.82, 2.24) is 14.5 Å². The van der Waals surface area contributed by atoms with Crippen LogP contribution in [-0.2, 0) is 17.5 Å². The number of benzene rings is 2. The van der Waals surface area contributed by atoms with Gasteiger partial charge in [0.1, 0.15) is 5.82 Å². The summed E-state index contributed by atoms with van der Waals surface area (Å²) >= 11 is 0. The third-order valence-corrected chi connectivity index (χ3v) is 7.45. The number of amides is 1. The predicted octanol–water partition coefficient (Wildman–Crippen LogP) is 5.56. The average Bonchev–Trinajstić information content (AvgIpc) is 3.69. The van der Waals surface area contributed by atoms with Crippen molar-refractivity contribution in [3.63, 3.8) is 0 Å². The molecule has 1 saturated carbocycles. The van der Waals surface area contributed by atoms with Gasteiger partial charge in [0.15, 0.2) is 0 Å². The normalized spacial score (nSPS) is 20.7. The molecule has 0 radical (unpaired) electrons. The summed E-state index contributed by atoms with van der Waals surface area (Å²) in [5.41, 5.74) is -0.0857. The molecule has 5 rings (SSSR count). The lowest BCUT2D eigenvalue weighted by Gasteiger charge is -2.35. The van der Waals surface area contributed by atoms with Gasteiger partial charge in [0.05, 0.1) is 28.7 Å². The average molecular weight is 543 g/mol. The van der Waals surface area contributed by atoms with Gasteiger partial charge in [-0.2, -0.15) is 13.2 Å². The van der Waals surface area contributed by atoms with E-state index in [-0.39, 0.29) is 40.1 Å². The van der Waals surface area contributed by atoms with Crippen LogP contribution in [0.25, 0.3) is 10.9 Å². The summed E-state index contributed by atoms with van der Waals surface area (Å²) in [4.78, 5) is 32.3. The minimum Gasteiger partial charge on any atom is -0.379 e. The Morgan fingerprint density at radius 3 is 2.36 bits per heavy atom. The molecule has 0 bridgehead atoms. The van der Waals surface area contributed by atoms with Gasteiger partial charge in [-0.1, -0.05) is 0 Å². The molecule has 3 unspecified atom stereocenters. The molecule has 2 aromatic carbocycles. The molecule has 1 N–H and O–H groups in total. The highest BCUT2D eigenvalue weighted by Crippen LogP contribution is 2.38. The number of nitrogens with one attached hydrogen (secondary N) is 1. The number of hydrogen-bond acceptors (Lipinski definition) is 5. The lowest BCUT2D eigenvalue weighted by molar-refractivity contribution is -0.138. The zero-order valence-electron chi connectivity index (χ0n) is 22.5. The highest BCUT2D eigenvalue weighted by atomic mass is 19.4. The van der Waals surface area contributed by atoms with Crippen molar-refractivity contribution < 1.29 is 22.7 Å². The number of anilines is 1. The molecule has 10 heteroatoms. The second kappa shape index (κ2) is 10.3. The number of nitrogens with zero attached hydrogens (tertiary/aromatic N) is 3. The van der Waals surface area contributed by atoms with Gasteiger partial charge in [-0.15, -0.1) is 0 Å². The third kappa shape index (κ3) is 5.80. The maximum atomic E-state index is 14.1. The standard InChI is InChI=1S/C29H33F3N4O3/c1-16-13-35(14-17(2)39-16)27(37)21-7-9-22(10-8-21)33-18(3)23-11-24-26(12-25(23)29(30,31)32)34-19(4)36(28(24)38)15-20-5-6-20/h7-12,16-18,20,33H,5-6,13-15H2,1-4H3. The van der Waals surface area contributed by atoms with Crippen LogP contribution in [0, 0.1) is 12.8 Å². The second-order valence-corrected chi connectivity index (χ2v) is 10.9. The van der Waals surface area contributed by atoms with E-state index in [0.717, 1.165) is 18.9 Å². The third-order valence-electron chi connectivity index (χ3n) is 7.45. The maximum Gasteiger partial charge on any atom is 0.416 e. The molecule has 0 spiro atoms. The number of alkyl halides is 3. The number of fused-ring (bicyclic) bond motifs is 1. The summed E-state index contributed by atoms with van der Waals surface area (Å²) in [6.07, 6.45) is -2.65. The Bertz CT molecular complexity index is 1440. The van der Waals surface area contributed by atoms with Gasteiger partial charge in [-0.25, -0.2) is 4.98 Å². The Hall–Kier alpha value is -3.40. The van der Waals surface area contributed by atoms with Crippen LogP contribution in [0.4, 0.5) is 18.9 Å². The van der Waals surface area contributed by atoms with E-state index in [9.17, 15) is 22.8 Å². The van der Waals surface area contributed by atoms with Gasteiger partial charge in [0.2, 0.25) is 0 Å². The number of carbonyl (C=O) groups excluding carboxylic acids is 1. The predicted molar refractivity (Wildman–Crippen MR) is 143 cm³/mol. The molecule has 1 aliphatic heterocycles. The van der Waals surface area contributed by atoms with Crippen molar-refractivity contribution in [3.8, 4) is 0 Å². The number of carbonyl (C=O) groups is 1. The molecular weight excluding hydrogens is 509 g/mol. The maximum absolute atomic E-state index is 14.1. The molecule has 1 aliphatic carbocycles. The summed E-state index contributed by atoms with van der Waals surface area (Å²) in [5, 5.41) is 3.28. The molecule has 2 aliphatic rings. The van der Waals surface area contributed by atoms with Gasteiger partial charge >= 0.3 is 6.18 Å². The highest BCUT2D eigenvalue weighted by molar-refractivity contribution is 5.94. The Kier molecular flexibility index (Phi) is 7.17. The monoisotopic (exact) mass is 542 g/mol. The number of aryl methyl sites for hydroxylation is 1. The quantitative estimate of drug-likeness (QED) is 0.442. The number of halogens is 3. The number of rotatable bonds is 6. The highest BCUT2D eigenvalue weighted by Gasteiger charge is 2.36. The first kappa shape index (κ1) is 27.2. The van der Waals surface area contributed by atoms with Crippen LogP contribution in [0.2, 0.25) is 0 Å². The van der Waals surface area contributed by atoms with E-state index in [0.29, 0.717) is 42.6 Å². The van der Waals surface area contributed by atoms with Crippen molar-refractivity contribution in [2.45, 2.75) is 71.5 Å². The van der Waals surface area contributed by atoms with Crippen LogP contribution in [0.15, 0.2) is 41.2 Å². The molecule has 1 amide bonds. The van der Waals surface area contributed by atoms with E-state index < -0.39 is 17.8 Å². The van der Waals surface area contributed by atoms with Gasteiger partial charge < -0.3 is 15.0 Å². The van der Waals surface area contributed by atoms with Crippen molar-refractivity contribution >= 4 is 22.5 Å². The molecule has 3 atom stereocenters. The first-order chi connectivity index (χ1) is 18.4. The first-order valence-electron chi connectivity index (χ1n) is 13.3. The zero-order valence-corrected chi connectivity index (χ0v) is 22.5. The Labute approximate surface area is 225 Å². The van der Waals surface area contributed by atoms with Gasteiger partial charge in [0, 0.05) is 36.9 Å². The Morgan fingerprint density at radius 1 is 1.13 bits per heavy atom. The van der Waals surface area contributed by atoms with E-state index in [4.69, 9.17) is 4.74 Å². The molecule has 39 heavy (non-hydrogen) atoms. The summed E-state index contributed by atoms with van der Waals surface area (Å²) < 4.78 is 49.6. The van der Waals surface area contributed by atoms with Crippen molar-refractivity contribution in [1.29, 1.82) is 0 Å². The van der Waals surface area contributed by atoms with Gasteiger partial charge in [0.25, 0.3) is 11.5 Å². The molecule has 7 nitrogen and oxygen atoms in total. The summed E-state index contributed by atoms with van der Waals surface area (Å²) in [6.45, 7) is 8.65. The van der Waals surface area contributed by atoms with Crippen molar-refractivity contribution in [2.24, 2.45) is 5.92 Å². The van der Waals surface area contributed by atoms with E-state index in [2.05, 4.69) is 10.3 Å². The Balaban J connectivity index is 1.42. The summed E-state index contributed by atoms with van der Waals surface area (Å²) in [7, 11) is 0. The van der Waals surface area contributed by atoms with Gasteiger partial charge in [-0.3, -0.25) is 14.2 Å². The van der Waals surface area contributed by atoms with Crippen LogP contribution < -0.4 is 10.9 Å². The van der Waals surface area contributed by atoms with Crippen LogP contribution in [0.5, 0.6) is 0 Å². The van der Waals surface area contributed by atoms with E-state index >= 15 is 0 Å². The number of aromatic nitrogens is 2. The smallest absolute Gasteiger partial charge is 0.379 e. The van der Waals surface area contributed by atoms with Crippen LogP contribution in [-0.4, -0.2) is 45.7 Å². The zero-order chi connectivity index (χ0) is 28.1. The summed E-state index contributed by atoms with van der Waals surface area (Å²) in [6, 6.07) is 8.22. The topological polar surface area (TPSA) is 76.5 Å². The van der Waals surface area contributed by atoms with E-state index in [1.165, 1.54) is 6.07 Å². The van der Waals surface area contributed by atoms with Gasteiger partial charge in [-0.05, 0) is 88.4 Å². The summed E-state index contributed by atoms with van der Waals surface area (Å²) in [5.74, 6) is 0.720. The molecule has 2 fully saturated rings. The number of hydrogen-bond donors (Lipinski definition) is 1. The lowest BCUT2D eigenvalue weighted by Crippen LogP contribution is -2.48. The molecule has 2 heterocycles. The Morgan fingerprint density at radius 2 is 1.77 bits per heavy atom. The van der Waals surface area contributed by atoms with E-state index in [1.54, 1.807) is 47.6 Å². The number of ether oxygens (including phenoxy) is 1. The molecular formula is C29H33F3N4O3. The minimum absolute atomic E-state index is 0.0350. The fraction of sp³-hybridized carbons (Fsp3) is 0.483. The second-order valence-electron chi connectivity index (χ2n) is 10.9. The van der Waals surface area contributed by atoms with Crippen LogP contribution >= 0.6 is 0 Å². The fourth-order valence-corrected chi connectivity index (χ4v) is 5.34. The molecule has 1 aromatic heterocycles. The molecule has 208 valence electrons. The van der Waals surface area contributed by atoms with E-state index in [1.807, 2.05) is 13.8 Å². The SMILES string of the molecule is Cc1nc2cc(C(F)(F)F)c(C(C)Nc3ccc(C(=O)N4CC(C)OC(C)C4)cc3)cc2c(=O)n1CC1CC1. The number of morpholine rings is 1. The van der Waals surface area contributed by atoms with Crippen LogP contribution in [0.1, 0.15) is 67.0 Å². The van der Waals surface area contributed by atoms with Crippen molar-refractivity contribution in [3.05, 3.63) is 69.3 Å². The van der Waals surface area contributed by atoms with Crippen LogP contribution in [0.3, 0.4) is 0 Å². The van der Waals surface area contributed by atoms with Crippen molar-refractivity contribution in [2.75, 3.05) is 18.4 Å². The minimum atomic E-state index is -4.62. The fourth-order valence-electron chi connectivity index (χ4n) is 5.34. The molecule has 1 saturated heterocycles. The largest absolute Gasteiger partial charge is 0.416 e. The molecule has 3 aromatic rings. The first-order valence-corrected chi connectivity index (χ1v) is 13.3. The lowest BCUT2D eigenvalue weighted by atomic mass is 9.98.